The summed E-state index contributed by atoms with van der Waals surface area (Å²) in [5, 5.41) is 7.07. The van der Waals surface area contributed by atoms with Gasteiger partial charge in [-0.1, -0.05) is 42.5 Å². The number of primary amides is 1. The van der Waals surface area contributed by atoms with Gasteiger partial charge in [0.15, 0.2) is 0 Å². The average molecular weight is 526 g/mol. The van der Waals surface area contributed by atoms with Crippen LogP contribution in [0.2, 0.25) is 0 Å². The molecule has 1 aliphatic carbocycles. The third kappa shape index (κ3) is 4.68. The van der Waals surface area contributed by atoms with Gasteiger partial charge in [0.2, 0.25) is 15.9 Å². The summed E-state index contributed by atoms with van der Waals surface area (Å²) in [6, 6.07) is 13.8. The Morgan fingerprint density at radius 2 is 1.73 bits per heavy atom. The summed E-state index contributed by atoms with van der Waals surface area (Å²) < 4.78 is 46.0. The molecule has 0 spiro atoms. The van der Waals surface area contributed by atoms with Crippen LogP contribution in [0.3, 0.4) is 0 Å². The Labute approximate surface area is 216 Å². The van der Waals surface area contributed by atoms with Crippen LogP contribution in [0, 0.1) is 5.82 Å². The lowest BCUT2D eigenvalue weighted by Gasteiger charge is -2.39. The summed E-state index contributed by atoms with van der Waals surface area (Å²) in [6.07, 6.45) is 6.90. The average Bonchev–Trinajstić information content (AvgIpc) is 3.43. The third-order valence-corrected chi connectivity index (χ3v) is 10.6. The maximum absolute atomic E-state index is 15.5. The quantitative estimate of drug-likeness (QED) is 0.523. The van der Waals surface area contributed by atoms with Crippen molar-refractivity contribution >= 4 is 15.9 Å². The highest BCUT2D eigenvalue weighted by Crippen LogP contribution is 2.44. The molecule has 2 N–H and O–H groups in total. The Hall–Kier alpha value is -3.11. The zero-order chi connectivity index (χ0) is 26.2. The first kappa shape index (κ1) is 25.5. The number of carbonyl (C=O) groups is 1. The molecule has 196 valence electrons. The van der Waals surface area contributed by atoms with E-state index in [-0.39, 0.29) is 24.2 Å². The van der Waals surface area contributed by atoms with Crippen molar-refractivity contribution in [2.75, 3.05) is 0 Å². The van der Waals surface area contributed by atoms with Crippen molar-refractivity contribution < 1.29 is 17.6 Å². The third-order valence-electron chi connectivity index (χ3n) is 8.27. The Morgan fingerprint density at radius 3 is 2.35 bits per heavy atom. The fraction of sp³-hybridized carbons (Fsp3) is 0.444. The summed E-state index contributed by atoms with van der Waals surface area (Å²) in [5.41, 5.74) is 6.49. The number of carbonyl (C=O) groups excluding carboxylic acids is 1. The second kappa shape index (κ2) is 9.98. The van der Waals surface area contributed by atoms with Crippen LogP contribution in [0.25, 0.3) is 0 Å². The molecule has 1 aromatic heterocycles. The van der Waals surface area contributed by atoms with Crippen LogP contribution in [0.1, 0.15) is 73.4 Å². The lowest BCUT2D eigenvalue weighted by molar-refractivity contribution is -0.125. The Kier molecular flexibility index (Phi) is 6.89. The van der Waals surface area contributed by atoms with Crippen molar-refractivity contribution in [1.82, 2.24) is 19.1 Å². The van der Waals surface area contributed by atoms with Crippen molar-refractivity contribution in [2.45, 2.75) is 74.7 Å². The molecule has 0 radical (unpaired) electrons. The van der Waals surface area contributed by atoms with Gasteiger partial charge in [-0.05, 0) is 62.6 Å². The molecule has 1 saturated carbocycles. The number of aromatic nitrogens is 3. The second-order valence-corrected chi connectivity index (χ2v) is 12.4. The molecule has 2 fully saturated rings. The molecule has 2 heterocycles. The molecule has 8 nitrogen and oxygen atoms in total. The number of sulfonamides is 1. The molecule has 10 heteroatoms. The van der Waals surface area contributed by atoms with Crippen LogP contribution >= 0.6 is 0 Å². The number of nitrogens with two attached hydrogens (primary N) is 1. The van der Waals surface area contributed by atoms with Crippen LogP contribution in [0.15, 0.2) is 61.2 Å². The maximum Gasteiger partial charge on any atom is 0.228 e. The summed E-state index contributed by atoms with van der Waals surface area (Å²) in [7, 11) is -3.69. The van der Waals surface area contributed by atoms with E-state index in [4.69, 9.17) is 5.73 Å². The smallest absolute Gasteiger partial charge is 0.228 e. The first-order valence-corrected chi connectivity index (χ1v) is 14.2. The van der Waals surface area contributed by atoms with Crippen LogP contribution in [0.5, 0.6) is 0 Å². The van der Waals surface area contributed by atoms with Gasteiger partial charge in [0.25, 0.3) is 0 Å². The Bertz CT molecular complexity index is 1360. The van der Waals surface area contributed by atoms with Crippen molar-refractivity contribution in [3.63, 3.8) is 0 Å². The molecule has 2 aromatic carbocycles. The van der Waals surface area contributed by atoms with Crippen molar-refractivity contribution in [1.29, 1.82) is 0 Å². The Balaban J connectivity index is 1.38. The fourth-order valence-electron chi connectivity index (χ4n) is 5.96. The standard InChI is InChI=1S/C27H32FN5O3S/c1-19-7-10-25(20-5-3-2-4-6-20)37(35,36)33(19)16-21-8-9-22(15-24(21)28)27(26(29)34)13-11-23(12-14-27)32-17-30-31-18-32/h2-6,8-9,15,17-19,23,25H,7,10-14,16H2,1H3,(H2,29,34)/t19-,23-,25+,27+/m0/s1. The van der Waals surface area contributed by atoms with E-state index in [2.05, 4.69) is 10.2 Å². The zero-order valence-electron chi connectivity index (χ0n) is 20.8. The SMILES string of the molecule is C[C@H]1CC[C@H](c2ccccc2)S(=O)(=O)N1Cc1ccc([C@]2(C(N)=O)CC[C@@H](n3cnnc3)CC2)cc1F. The van der Waals surface area contributed by atoms with Gasteiger partial charge in [-0.25, -0.2) is 12.8 Å². The van der Waals surface area contributed by atoms with E-state index in [9.17, 15) is 13.2 Å². The number of nitrogens with zero attached hydrogens (tertiary/aromatic N) is 4. The molecule has 5 rings (SSSR count). The molecule has 2 atom stereocenters. The first-order valence-electron chi connectivity index (χ1n) is 12.7. The van der Waals surface area contributed by atoms with E-state index in [0.717, 1.165) is 5.56 Å². The van der Waals surface area contributed by atoms with Gasteiger partial charge in [-0.15, -0.1) is 10.2 Å². The molecule has 2 aliphatic rings. The lowest BCUT2D eigenvalue weighted by Crippen LogP contribution is -2.45. The van der Waals surface area contributed by atoms with E-state index in [1.807, 2.05) is 41.8 Å². The van der Waals surface area contributed by atoms with Gasteiger partial charge in [-0.3, -0.25) is 4.79 Å². The van der Waals surface area contributed by atoms with E-state index in [0.29, 0.717) is 44.1 Å². The van der Waals surface area contributed by atoms with Crippen molar-refractivity contribution in [3.05, 3.63) is 83.7 Å². The van der Waals surface area contributed by atoms with Gasteiger partial charge in [0.1, 0.15) is 23.7 Å². The molecule has 0 unspecified atom stereocenters. The van der Waals surface area contributed by atoms with Crippen LogP contribution in [0.4, 0.5) is 4.39 Å². The van der Waals surface area contributed by atoms with E-state index < -0.39 is 32.4 Å². The normalized spacial score (nSPS) is 28.1. The molecule has 3 aromatic rings. The monoisotopic (exact) mass is 525 g/mol. The highest BCUT2D eigenvalue weighted by Gasteiger charge is 2.43. The summed E-state index contributed by atoms with van der Waals surface area (Å²) in [5.74, 6) is -0.997. The van der Waals surface area contributed by atoms with Crippen LogP contribution < -0.4 is 5.73 Å². The molecule has 37 heavy (non-hydrogen) atoms. The lowest BCUT2D eigenvalue weighted by atomic mass is 9.67. The highest BCUT2D eigenvalue weighted by atomic mass is 32.2. The van der Waals surface area contributed by atoms with Crippen LogP contribution in [-0.4, -0.2) is 39.4 Å². The van der Waals surface area contributed by atoms with E-state index >= 15 is 4.39 Å². The number of benzene rings is 2. The minimum atomic E-state index is -3.69. The minimum Gasteiger partial charge on any atom is -0.369 e. The number of hydrogen-bond acceptors (Lipinski definition) is 5. The number of amides is 1. The maximum atomic E-state index is 15.5. The van der Waals surface area contributed by atoms with Gasteiger partial charge < -0.3 is 10.3 Å². The predicted molar refractivity (Wildman–Crippen MR) is 137 cm³/mol. The predicted octanol–water partition coefficient (Wildman–Crippen LogP) is 4.01. The minimum absolute atomic E-state index is 0.0573. The van der Waals surface area contributed by atoms with Crippen LogP contribution in [-0.2, 0) is 26.8 Å². The van der Waals surface area contributed by atoms with Gasteiger partial charge in [0.05, 0.1) is 5.41 Å². The molecule has 1 amide bonds. The van der Waals surface area contributed by atoms with Crippen molar-refractivity contribution in [3.8, 4) is 0 Å². The highest BCUT2D eigenvalue weighted by molar-refractivity contribution is 7.89. The van der Waals surface area contributed by atoms with E-state index in [1.165, 1.54) is 10.4 Å². The molecular weight excluding hydrogens is 493 g/mol. The molecule has 1 saturated heterocycles. The van der Waals surface area contributed by atoms with E-state index in [1.54, 1.807) is 24.8 Å². The number of halogens is 1. The van der Waals surface area contributed by atoms with Crippen molar-refractivity contribution in [2.24, 2.45) is 5.73 Å². The second-order valence-electron chi connectivity index (χ2n) is 10.3. The first-order chi connectivity index (χ1) is 17.7. The van der Waals surface area contributed by atoms with Gasteiger partial charge >= 0.3 is 0 Å². The summed E-state index contributed by atoms with van der Waals surface area (Å²) in [6.45, 7) is 1.81. The molecule has 0 bridgehead atoms. The van der Waals surface area contributed by atoms with Gasteiger partial charge in [0, 0.05) is 24.2 Å². The summed E-state index contributed by atoms with van der Waals surface area (Å²) in [4.78, 5) is 12.7. The largest absolute Gasteiger partial charge is 0.369 e. The number of hydrogen-bond donors (Lipinski definition) is 1. The molecular formula is C27H32FN5O3S. The summed E-state index contributed by atoms with van der Waals surface area (Å²) >= 11 is 0. The topological polar surface area (TPSA) is 111 Å². The Morgan fingerprint density at radius 1 is 1.05 bits per heavy atom. The fourth-order valence-corrected chi connectivity index (χ4v) is 8.15. The van der Waals surface area contributed by atoms with Gasteiger partial charge in [-0.2, -0.15) is 4.31 Å². The molecule has 1 aliphatic heterocycles. The zero-order valence-corrected chi connectivity index (χ0v) is 21.6. The number of rotatable bonds is 6.